The lowest BCUT2D eigenvalue weighted by atomic mass is 9.99. The van der Waals surface area contributed by atoms with Gasteiger partial charge in [-0.3, -0.25) is 14.9 Å². The van der Waals surface area contributed by atoms with Crippen molar-refractivity contribution in [3.05, 3.63) is 106 Å². The molecule has 0 radical (unpaired) electrons. The summed E-state index contributed by atoms with van der Waals surface area (Å²) in [5.41, 5.74) is 6.32. The fourth-order valence-electron chi connectivity index (χ4n) is 4.68. The van der Waals surface area contributed by atoms with Crippen molar-refractivity contribution in [1.29, 1.82) is 0 Å². The summed E-state index contributed by atoms with van der Waals surface area (Å²) in [7, 11) is 0. The number of pyridine rings is 1. The maximum atomic E-state index is 13.5. The number of aromatic nitrogens is 4. The molecule has 1 atom stereocenters. The number of halogens is 1. The summed E-state index contributed by atoms with van der Waals surface area (Å²) in [4.78, 5) is 23.4. The SMILES string of the molecule is O=C1c2[nH]nc(-c3ccc(Br)cc3)c2[C@@H](c2ccccn2)N1CCc1c[nH]c2ccccc12. The van der Waals surface area contributed by atoms with Crippen LogP contribution in [0.1, 0.15) is 33.4 Å². The van der Waals surface area contributed by atoms with E-state index >= 15 is 0 Å². The molecular formula is C26H20BrN5O. The minimum absolute atomic E-state index is 0.0450. The number of hydrogen-bond donors (Lipinski definition) is 2. The first-order valence-corrected chi connectivity index (χ1v) is 11.6. The third-order valence-electron chi connectivity index (χ3n) is 6.25. The summed E-state index contributed by atoms with van der Waals surface area (Å²) < 4.78 is 0.996. The van der Waals surface area contributed by atoms with Crippen LogP contribution in [0.15, 0.2) is 83.6 Å². The molecule has 0 saturated carbocycles. The number of carbonyl (C=O) groups is 1. The third kappa shape index (κ3) is 3.36. The first-order chi connectivity index (χ1) is 16.2. The van der Waals surface area contributed by atoms with Crippen LogP contribution in [0, 0.1) is 0 Å². The first kappa shape index (κ1) is 19.9. The van der Waals surface area contributed by atoms with Gasteiger partial charge in [0.2, 0.25) is 0 Å². The highest BCUT2D eigenvalue weighted by Crippen LogP contribution is 2.42. The second-order valence-electron chi connectivity index (χ2n) is 8.13. The van der Waals surface area contributed by atoms with E-state index in [1.807, 2.05) is 65.7 Å². The molecule has 5 aromatic rings. The van der Waals surface area contributed by atoms with E-state index in [1.54, 1.807) is 6.20 Å². The van der Waals surface area contributed by atoms with Crippen molar-refractivity contribution >= 4 is 32.7 Å². The van der Waals surface area contributed by atoms with Crippen molar-refractivity contribution in [1.82, 2.24) is 25.1 Å². The highest BCUT2D eigenvalue weighted by atomic mass is 79.9. The number of fused-ring (bicyclic) bond motifs is 2. The van der Waals surface area contributed by atoms with E-state index in [1.165, 1.54) is 10.9 Å². The van der Waals surface area contributed by atoms with Crippen LogP contribution in [0.5, 0.6) is 0 Å². The molecule has 6 nitrogen and oxygen atoms in total. The molecule has 1 amide bonds. The molecule has 6 rings (SSSR count). The molecule has 0 saturated heterocycles. The Hall–Kier alpha value is -3.71. The van der Waals surface area contributed by atoms with Gasteiger partial charge < -0.3 is 9.88 Å². The number of nitrogens with one attached hydrogen (secondary N) is 2. The van der Waals surface area contributed by atoms with E-state index in [0.29, 0.717) is 12.2 Å². The van der Waals surface area contributed by atoms with Crippen molar-refractivity contribution in [3.8, 4) is 11.3 Å². The van der Waals surface area contributed by atoms with E-state index in [0.717, 1.165) is 38.9 Å². The number of rotatable bonds is 5. The fraction of sp³-hybridized carbons (Fsp3) is 0.115. The molecule has 0 bridgehead atoms. The second-order valence-corrected chi connectivity index (χ2v) is 9.05. The van der Waals surface area contributed by atoms with E-state index < -0.39 is 0 Å². The van der Waals surface area contributed by atoms with Gasteiger partial charge in [-0.1, -0.05) is 52.3 Å². The lowest BCUT2D eigenvalue weighted by Crippen LogP contribution is -2.32. The predicted octanol–water partition coefficient (Wildman–Crippen LogP) is 5.50. The lowest BCUT2D eigenvalue weighted by Gasteiger charge is -2.25. The van der Waals surface area contributed by atoms with Gasteiger partial charge >= 0.3 is 0 Å². The summed E-state index contributed by atoms with van der Waals surface area (Å²) in [6, 6.07) is 21.8. The van der Waals surface area contributed by atoms with Crippen LogP contribution in [0.25, 0.3) is 22.2 Å². The van der Waals surface area contributed by atoms with Crippen LogP contribution in [0.3, 0.4) is 0 Å². The van der Waals surface area contributed by atoms with E-state index in [9.17, 15) is 4.79 Å². The first-order valence-electron chi connectivity index (χ1n) is 10.8. The van der Waals surface area contributed by atoms with Gasteiger partial charge in [0.15, 0.2) is 0 Å². The molecule has 0 aliphatic carbocycles. The van der Waals surface area contributed by atoms with Gasteiger partial charge in [0.05, 0.1) is 11.4 Å². The maximum Gasteiger partial charge on any atom is 0.273 e. The van der Waals surface area contributed by atoms with Gasteiger partial charge in [-0.05, 0) is 42.3 Å². The molecule has 2 N–H and O–H groups in total. The zero-order valence-electron chi connectivity index (χ0n) is 17.6. The number of hydrogen-bond acceptors (Lipinski definition) is 3. The zero-order valence-corrected chi connectivity index (χ0v) is 19.2. The molecular weight excluding hydrogens is 478 g/mol. The predicted molar refractivity (Wildman–Crippen MR) is 131 cm³/mol. The summed E-state index contributed by atoms with van der Waals surface area (Å²) in [5, 5.41) is 8.73. The van der Waals surface area contributed by atoms with Crippen molar-refractivity contribution in [2.45, 2.75) is 12.5 Å². The Morgan fingerprint density at radius 3 is 2.64 bits per heavy atom. The molecule has 162 valence electrons. The number of aromatic amines is 2. The summed E-state index contributed by atoms with van der Waals surface area (Å²) in [6.45, 7) is 0.574. The Morgan fingerprint density at radius 2 is 1.82 bits per heavy atom. The molecule has 0 fully saturated rings. The van der Waals surface area contributed by atoms with Gasteiger partial charge in [-0.25, -0.2) is 0 Å². The van der Waals surface area contributed by atoms with Crippen LogP contribution in [0.4, 0.5) is 0 Å². The van der Waals surface area contributed by atoms with Crippen molar-refractivity contribution in [2.75, 3.05) is 6.54 Å². The average molecular weight is 498 g/mol. The smallest absolute Gasteiger partial charge is 0.273 e. The Morgan fingerprint density at radius 1 is 1.00 bits per heavy atom. The molecule has 3 aromatic heterocycles. The molecule has 4 heterocycles. The molecule has 1 aliphatic rings. The number of benzene rings is 2. The van der Waals surface area contributed by atoms with Crippen molar-refractivity contribution in [2.24, 2.45) is 0 Å². The highest BCUT2D eigenvalue weighted by molar-refractivity contribution is 9.10. The van der Waals surface area contributed by atoms with Crippen LogP contribution in [-0.4, -0.2) is 37.5 Å². The Labute approximate surface area is 198 Å². The molecule has 7 heteroatoms. The quantitative estimate of drug-likeness (QED) is 0.336. The molecule has 2 aromatic carbocycles. The number of carbonyl (C=O) groups excluding carboxylic acids is 1. The van der Waals surface area contributed by atoms with Crippen molar-refractivity contribution in [3.63, 3.8) is 0 Å². The topological polar surface area (TPSA) is 77.7 Å². The number of nitrogens with zero attached hydrogens (tertiary/aromatic N) is 3. The van der Waals surface area contributed by atoms with Crippen LogP contribution < -0.4 is 0 Å². The van der Waals surface area contributed by atoms with Gasteiger partial charge in [-0.15, -0.1) is 0 Å². The fourth-order valence-corrected chi connectivity index (χ4v) is 4.94. The summed E-state index contributed by atoms with van der Waals surface area (Å²) >= 11 is 3.49. The molecule has 1 aliphatic heterocycles. The lowest BCUT2D eigenvalue weighted by molar-refractivity contribution is 0.0743. The number of H-pyrrole nitrogens is 2. The van der Waals surface area contributed by atoms with Crippen LogP contribution >= 0.6 is 15.9 Å². The summed E-state index contributed by atoms with van der Waals surface area (Å²) in [5.74, 6) is -0.0450. The van der Waals surface area contributed by atoms with E-state index in [-0.39, 0.29) is 11.9 Å². The van der Waals surface area contributed by atoms with Gasteiger partial charge in [0.1, 0.15) is 11.7 Å². The van der Waals surface area contributed by atoms with Crippen LogP contribution in [-0.2, 0) is 6.42 Å². The van der Waals surface area contributed by atoms with Crippen LogP contribution in [0.2, 0.25) is 0 Å². The Kier molecular flexibility index (Phi) is 4.84. The molecule has 0 unspecified atom stereocenters. The Balaban J connectivity index is 1.40. The van der Waals surface area contributed by atoms with E-state index in [4.69, 9.17) is 0 Å². The monoisotopic (exact) mass is 497 g/mol. The largest absolute Gasteiger partial charge is 0.361 e. The van der Waals surface area contributed by atoms with E-state index in [2.05, 4.69) is 48.2 Å². The minimum Gasteiger partial charge on any atom is -0.361 e. The standard InChI is InChI=1S/C26H20BrN5O/c27-18-10-8-16(9-11-18)23-22-24(31-30-23)26(33)32(25(22)21-7-3-4-13-28-21)14-12-17-15-29-20-6-2-1-5-19(17)20/h1-11,13,15,25,29H,12,14H2,(H,30,31)/t25-/m1/s1. The average Bonchev–Trinajstić information content (AvgIpc) is 3.53. The molecule has 0 spiro atoms. The second kappa shape index (κ2) is 8.01. The summed E-state index contributed by atoms with van der Waals surface area (Å²) in [6.07, 6.45) is 4.55. The van der Waals surface area contributed by atoms with Gasteiger partial charge in [0.25, 0.3) is 5.91 Å². The third-order valence-corrected chi connectivity index (χ3v) is 6.78. The zero-order chi connectivity index (χ0) is 22.4. The van der Waals surface area contributed by atoms with Crippen molar-refractivity contribution < 1.29 is 4.79 Å². The minimum atomic E-state index is -0.295. The highest BCUT2D eigenvalue weighted by Gasteiger charge is 2.42. The molecule has 33 heavy (non-hydrogen) atoms. The van der Waals surface area contributed by atoms with Gasteiger partial charge in [0, 0.05) is 45.4 Å². The number of amides is 1. The Bertz CT molecular complexity index is 1460. The normalized spacial score (nSPS) is 15.4. The maximum absolute atomic E-state index is 13.5. The number of para-hydroxylation sites is 1. The van der Waals surface area contributed by atoms with Gasteiger partial charge in [-0.2, -0.15) is 5.10 Å².